The molecule has 0 aliphatic rings. The molecule has 5 heteroatoms. The summed E-state index contributed by atoms with van der Waals surface area (Å²) >= 11 is 5.59. The van der Waals surface area contributed by atoms with Gasteiger partial charge in [-0.2, -0.15) is 0 Å². The Balaban J connectivity index is 2.80. The van der Waals surface area contributed by atoms with Crippen molar-refractivity contribution in [3.05, 3.63) is 53.9 Å². The van der Waals surface area contributed by atoms with E-state index in [-0.39, 0.29) is 5.16 Å². The third kappa shape index (κ3) is 4.36. The number of halogens is 1. The van der Waals surface area contributed by atoms with Crippen LogP contribution < -0.4 is 5.73 Å². The molecule has 3 N–H and O–H groups in total. The standard InChI is InChI=1S/C12H17ClN4/c1-3-10(5-6-11(13)14)17(4-2)9-12-15-7-8-16-12/h3,5-8H,1,4,9,14H2,2H3,(H,15,16)/b10-5+,11-6-. The maximum absolute atomic E-state index is 5.59. The number of imidazole rings is 1. The van der Waals surface area contributed by atoms with Crippen molar-refractivity contribution >= 4 is 11.6 Å². The highest BCUT2D eigenvalue weighted by Gasteiger charge is 2.06. The van der Waals surface area contributed by atoms with Crippen LogP contribution in [0.5, 0.6) is 0 Å². The van der Waals surface area contributed by atoms with Crippen molar-refractivity contribution in [2.24, 2.45) is 5.73 Å². The number of hydrogen-bond acceptors (Lipinski definition) is 3. The molecule has 4 nitrogen and oxygen atoms in total. The van der Waals surface area contributed by atoms with Crippen LogP contribution in [0.25, 0.3) is 0 Å². The zero-order valence-corrected chi connectivity index (χ0v) is 10.6. The fraction of sp³-hybridized carbons (Fsp3) is 0.250. The number of aromatic amines is 1. The van der Waals surface area contributed by atoms with Gasteiger partial charge in [-0.05, 0) is 25.2 Å². The molecule has 0 aromatic carbocycles. The van der Waals surface area contributed by atoms with E-state index in [0.29, 0.717) is 6.54 Å². The van der Waals surface area contributed by atoms with Gasteiger partial charge in [0.15, 0.2) is 0 Å². The van der Waals surface area contributed by atoms with Gasteiger partial charge in [0.05, 0.1) is 11.7 Å². The molecular weight excluding hydrogens is 236 g/mol. The second-order valence-electron chi connectivity index (χ2n) is 3.40. The predicted octanol–water partition coefficient (Wildman–Crippen LogP) is 2.34. The highest BCUT2D eigenvalue weighted by Crippen LogP contribution is 2.10. The summed E-state index contributed by atoms with van der Waals surface area (Å²) in [5, 5.41) is 0.249. The molecular formula is C12H17ClN4. The van der Waals surface area contributed by atoms with Crippen molar-refractivity contribution in [3.63, 3.8) is 0 Å². The zero-order chi connectivity index (χ0) is 12.7. The fourth-order valence-electron chi connectivity index (χ4n) is 1.42. The molecule has 1 aromatic heterocycles. The Labute approximate surface area is 106 Å². The number of aromatic nitrogens is 2. The van der Waals surface area contributed by atoms with E-state index in [9.17, 15) is 0 Å². The summed E-state index contributed by atoms with van der Waals surface area (Å²) in [6, 6.07) is 0. The lowest BCUT2D eigenvalue weighted by Crippen LogP contribution is -2.21. The lowest BCUT2D eigenvalue weighted by atomic mass is 10.3. The van der Waals surface area contributed by atoms with E-state index >= 15 is 0 Å². The molecule has 1 rings (SSSR count). The molecule has 92 valence electrons. The third-order valence-electron chi connectivity index (χ3n) is 2.26. The summed E-state index contributed by atoms with van der Waals surface area (Å²) in [5.74, 6) is 0.905. The Kier molecular flexibility index (Phi) is 5.36. The number of hydrogen-bond donors (Lipinski definition) is 2. The first-order valence-electron chi connectivity index (χ1n) is 5.36. The molecule has 0 atom stereocenters. The van der Waals surface area contributed by atoms with Gasteiger partial charge >= 0.3 is 0 Å². The van der Waals surface area contributed by atoms with E-state index in [1.54, 1.807) is 24.5 Å². The van der Waals surface area contributed by atoms with E-state index < -0.39 is 0 Å². The summed E-state index contributed by atoms with van der Waals surface area (Å²) < 4.78 is 0. The van der Waals surface area contributed by atoms with E-state index in [1.165, 1.54) is 0 Å². The van der Waals surface area contributed by atoms with Gasteiger partial charge in [-0.3, -0.25) is 0 Å². The van der Waals surface area contributed by atoms with Crippen molar-refractivity contribution in [2.45, 2.75) is 13.5 Å². The van der Waals surface area contributed by atoms with Gasteiger partial charge in [-0.15, -0.1) is 0 Å². The van der Waals surface area contributed by atoms with E-state index in [1.807, 2.05) is 6.08 Å². The predicted molar refractivity (Wildman–Crippen MR) is 71.1 cm³/mol. The van der Waals surface area contributed by atoms with E-state index in [4.69, 9.17) is 17.3 Å². The van der Waals surface area contributed by atoms with Crippen molar-refractivity contribution in [3.8, 4) is 0 Å². The molecule has 1 heterocycles. The van der Waals surface area contributed by atoms with Gasteiger partial charge in [0.25, 0.3) is 0 Å². The quantitative estimate of drug-likeness (QED) is 0.604. The molecule has 0 saturated heterocycles. The fourth-order valence-corrected chi connectivity index (χ4v) is 1.48. The molecule has 1 aromatic rings. The van der Waals surface area contributed by atoms with Crippen LogP contribution in [0.1, 0.15) is 12.7 Å². The Hall–Kier alpha value is -1.68. The second-order valence-corrected chi connectivity index (χ2v) is 3.83. The molecule has 0 aliphatic carbocycles. The smallest absolute Gasteiger partial charge is 0.125 e. The van der Waals surface area contributed by atoms with Crippen molar-refractivity contribution in [2.75, 3.05) is 6.54 Å². The maximum atomic E-state index is 5.59. The van der Waals surface area contributed by atoms with Gasteiger partial charge in [0.1, 0.15) is 5.82 Å². The number of nitrogens with zero attached hydrogens (tertiary/aromatic N) is 2. The Morgan fingerprint density at radius 1 is 1.65 bits per heavy atom. The van der Waals surface area contributed by atoms with E-state index in [0.717, 1.165) is 18.1 Å². The van der Waals surface area contributed by atoms with Crippen LogP contribution in [0.2, 0.25) is 0 Å². The monoisotopic (exact) mass is 252 g/mol. The summed E-state index contributed by atoms with van der Waals surface area (Å²) in [7, 11) is 0. The first-order chi connectivity index (χ1) is 8.17. The van der Waals surface area contributed by atoms with Crippen molar-refractivity contribution in [1.29, 1.82) is 0 Å². The molecule has 0 bridgehead atoms. The van der Waals surface area contributed by atoms with Gasteiger partial charge in [0, 0.05) is 24.6 Å². The molecule has 0 aliphatic heterocycles. The first-order valence-corrected chi connectivity index (χ1v) is 5.73. The minimum Gasteiger partial charge on any atom is -0.389 e. The van der Waals surface area contributed by atoms with Gasteiger partial charge in [-0.1, -0.05) is 18.2 Å². The van der Waals surface area contributed by atoms with Crippen LogP contribution in [0.3, 0.4) is 0 Å². The summed E-state index contributed by atoms with van der Waals surface area (Å²) in [5.41, 5.74) is 6.34. The SMILES string of the molecule is C=C/C(=C\C=C(/N)Cl)N(CC)Cc1ncc[nH]1. The third-order valence-corrected chi connectivity index (χ3v) is 2.39. The Bertz CT molecular complexity index is 402. The molecule has 0 spiro atoms. The maximum Gasteiger partial charge on any atom is 0.125 e. The van der Waals surface area contributed by atoms with Crippen LogP contribution in [-0.4, -0.2) is 21.4 Å². The molecule has 0 radical (unpaired) electrons. The van der Waals surface area contributed by atoms with E-state index in [2.05, 4.69) is 28.4 Å². The normalized spacial score (nSPS) is 12.6. The minimum atomic E-state index is 0.249. The molecule has 0 amide bonds. The van der Waals surface area contributed by atoms with Crippen molar-refractivity contribution < 1.29 is 0 Å². The number of nitrogens with one attached hydrogen (secondary N) is 1. The molecule has 0 saturated carbocycles. The number of likely N-dealkylation sites (N-methyl/N-ethyl adjacent to an activating group) is 1. The van der Waals surface area contributed by atoms with Crippen LogP contribution in [0.15, 0.2) is 48.1 Å². The van der Waals surface area contributed by atoms with Gasteiger partial charge in [0.2, 0.25) is 0 Å². The van der Waals surface area contributed by atoms with Crippen LogP contribution >= 0.6 is 11.6 Å². The number of rotatable bonds is 6. The molecule has 17 heavy (non-hydrogen) atoms. The molecule has 0 fully saturated rings. The highest BCUT2D eigenvalue weighted by molar-refractivity contribution is 6.29. The first kappa shape index (κ1) is 13.4. The summed E-state index contributed by atoms with van der Waals surface area (Å²) in [6.45, 7) is 7.38. The number of allylic oxidation sites excluding steroid dienone is 3. The van der Waals surface area contributed by atoms with Gasteiger partial charge in [-0.25, -0.2) is 4.98 Å². The lowest BCUT2D eigenvalue weighted by Gasteiger charge is -2.22. The molecule has 0 unspecified atom stereocenters. The topological polar surface area (TPSA) is 57.9 Å². The van der Waals surface area contributed by atoms with Crippen LogP contribution in [0, 0.1) is 0 Å². The Morgan fingerprint density at radius 3 is 2.88 bits per heavy atom. The highest BCUT2D eigenvalue weighted by atomic mass is 35.5. The number of nitrogens with two attached hydrogens (primary N) is 1. The largest absolute Gasteiger partial charge is 0.389 e. The minimum absolute atomic E-state index is 0.249. The van der Waals surface area contributed by atoms with Crippen LogP contribution in [0.4, 0.5) is 0 Å². The summed E-state index contributed by atoms with van der Waals surface area (Å²) in [4.78, 5) is 9.37. The number of H-pyrrole nitrogens is 1. The average molecular weight is 253 g/mol. The Morgan fingerprint density at radius 2 is 2.41 bits per heavy atom. The average Bonchev–Trinajstić information content (AvgIpc) is 2.80. The summed E-state index contributed by atoms with van der Waals surface area (Å²) in [6.07, 6.45) is 8.78. The zero-order valence-electron chi connectivity index (χ0n) is 9.86. The lowest BCUT2D eigenvalue weighted by molar-refractivity contribution is 0.358. The second kappa shape index (κ2) is 6.81. The van der Waals surface area contributed by atoms with Crippen molar-refractivity contribution in [1.82, 2.24) is 14.9 Å². The van der Waals surface area contributed by atoms with Crippen LogP contribution in [-0.2, 0) is 6.54 Å². The van der Waals surface area contributed by atoms with Gasteiger partial charge < -0.3 is 15.6 Å².